The monoisotopic (exact) mass is 656 g/mol. The predicted octanol–water partition coefficient (Wildman–Crippen LogP) is 2.19. The third kappa shape index (κ3) is 4.82. The average Bonchev–Trinajstić information content (AvgIpc) is 3.40. The number of alkyl halides is 1. The number of carboxylic acids is 1. The van der Waals surface area contributed by atoms with Gasteiger partial charge in [-0.2, -0.15) is 14.5 Å². The lowest BCUT2D eigenvalue weighted by Crippen LogP contribution is -2.43. The van der Waals surface area contributed by atoms with Crippen LogP contribution in [0.1, 0.15) is 23.6 Å². The second kappa shape index (κ2) is 10.6. The Hall–Kier alpha value is -3.96. The number of H-pyrrole nitrogens is 2. The number of pyridine rings is 2. The number of piperidine rings is 1. The largest absolute Gasteiger partial charge is 0.480 e. The minimum absolute atomic E-state index is 0.00819. The van der Waals surface area contributed by atoms with Gasteiger partial charge in [-0.05, 0) is 60.1 Å². The number of aromatic amines is 2. The van der Waals surface area contributed by atoms with Crippen molar-refractivity contribution in [3.63, 3.8) is 0 Å². The van der Waals surface area contributed by atoms with Crippen molar-refractivity contribution in [2.45, 2.75) is 40.4 Å². The Morgan fingerprint density at radius 2 is 1.57 bits per heavy atom. The standard InChI is InChI=1S/C15H13ClN4O2S.C12H12N4O4S/c16-12-8-9-4-1-2-5-10(9)13(12)20-23(21,22)15-11-6-3-7-17-14(11)18-19-15;17-12(18)9-8-4-6(8)5-16(9)21(19,20)11-7-2-1-3-13-10(7)14-15-11/h1-7,12-13,20H,8H2,(H,17,18,19);1-3,6,8-9H,4-5H2,(H,17,18)(H,13,14,15)/t;6-,8-,9+/m.1/s1. The number of aromatic nitrogens is 6. The molecule has 17 heteroatoms. The molecule has 228 valence electrons. The summed E-state index contributed by atoms with van der Waals surface area (Å²) in [5.41, 5.74) is 2.64. The van der Waals surface area contributed by atoms with Gasteiger partial charge in [0.05, 0.1) is 22.2 Å². The molecule has 4 N–H and O–H groups in total. The molecule has 0 spiro atoms. The first-order valence-corrected chi connectivity index (χ1v) is 17.0. The number of benzene rings is 1. The topological polar surface area (TPSA) is 204 Å². The molecule has 2 fully saturated rings. The van der Waals surface area contributed by atoms with E-state index >= 15 is 0 Å². The second-order valence-electron chi connectivity index (χ2n) is 10.9. The fourth-order valence-corrected chi connectivity index (χ4v) is 9.63. The molecule has 2 aliphatic carbocycles. The van der Waals surface area contributed by atoms with Gasteiger partial charge in [-0.1, -0.05) is 24.3 Å². The molecule has 5 aromatic rings. The van der Waals surface area contributed by atoms with Gasteiger partial charge in [0.2, 0.25) is 0 Å². The number of carboxylic acid groups (broad SMARTS) is 1. The van der Waals surface area contributed by atoms with Crippen LogP contribution in [-0.4, -0.2) is 80.5 Å². The third-order valence-electron chi connectivity index (χ3n) is 8.23. The number of hydrogen-bond acceptors (Lipinski definition) is 9. The van der Waals surface area contributed by atoms with E-state index in [0.717, 1.165) is 21.9 Å². The van der Waals surface area contributed by atoms with Crippen LogP contribution >= 0.6 is 11.6 Å². The summed E-state index contributed by atoms with van der Waals surface area (Å²) in [5, 5.41) is 22.6. The molecule has 0 radical (unpaired) electrons. The van der Waals surface area contributed by atoms with Gasteiger partial charge in [0.25, 0.3) is 20.0 Å². The van der Waals surface area contributed by atoms with Crippen LogP contribution in [0.5, 0.6) is 0 Å². The number of rotatable bonds is 6. The van der Waals surface area contributed by atoms with Crippen molar-refractivity contribution in [2.24, 2.45) is 11.8 Å². The van der Waals surface area contributed by atoms with Gasteiger partial charge in [0.1, 0.15) is 6.04 Å². The maximum Gasteiger partial charge on any atom is 0.322 e. The van der Waals surface area contributed by atoms with Gasteiger partial charge >= 0.3 is 5.97 Å². The highest BCUT2D eigenvalue weighted by molar-refractivity contribution is 7.89. The predicted molar refractivity (Wildman–Crippen MR) is 158 cm³/mol. The first-order valence-electron chi connectivity index (χ1n) is 13.6. The van der Waals surface area contributed by atoms with Crippen molar-refractivity contribution in [3.05, 3.63) is 72.1 Å². The van der Waals surface area contributed by atoms with Crippen LogP contribution in [0, 0.1) is 11.8 Å². The van der Waals surface area contributed by atoms with E-state index in [1.54, 1.807) is 30.5 Å². The molecule has 14 nitrogen and oxygen atoms in total. The summed E-state index contributed by atoms with van der Waals surface area (Å²) in [6.45, 7) is 0.255. The fourth-order valence-electron chi connectivity index (χ4n) is 6.06. The van der Waals surface area contributed by atoms with Crippen molar-refractivity contribution < 1.29 is 26.7 Å². The van der Waals surface area contributed by atoms with Gasteiger partial charge < -0.3 is 5.11 Å². The molecule has 1 saturated carbocycles. The number of fused-ring (bicyclic) bond motifs is 4. The Balaban J connectivity index is 0.000000143. The van der Waals surface area contributed by atoms with E-state index in [-0.39, 0.29) is 33.8 Å². The van der Waals surface area contributed by atoms with Crippen LogP contribution in [0.15, 0.2) is 71.0 Å². The Morgan fingerprint density at radius 3 is 2.25 bits per heavy atom. The molecule has 3 aliphatic rings. The average molecular weight is 657 g/mol. The number of nitrogens with zero attached hydrogens (tertiary/aromatic N) is 5. The fraction of sp³-hybridized carbons (Fsp3) is 0.296. The van der Waals surface area contributed by atoms with E-state index in [0.29, 0.717) is 28.5 Å². The zero-order valence-corrected chi connectivity index (χ0v) is 25.1. The van der Waals surface area contributed by atoms with Crippen molar-refractivity contribution in [3.8, 4) is 0 Å². The van der Waals surface area contributed by atoms with Gasteiger partial charge in [0.15, 0.2) is 21.3 Å². The highest BCUT2D eigenvalue weighted by Gasteiger charge is 2.59. The van der Waals surface area contributed by atoms with Crippen molar-refractivity contribution in [2.75, 3.05) is 6.54 Å². The summed E-state index contributed by atoms with van der Waals surface area (Å²) in [6, 6.07) is 12.8. The lowest BCUT2D eigenvalue weighted by Gasteiger charge is -2.22. The molecule has 44 heavy (non-hydrogen) atoms. The number of sulfonamides is 2. The molecular formula is C27H25ClN8O6S2. The van der Waals surface area contributed by atoms with Crippen LogP contribution < -0.4 is 4.72 Å². The van der Waals surface area contributed by atoms with E-state index in [1.807, 2.05) is 24.3 Å². The van der Waals surface area contributed by atoms with Crippen molar-refractivity contribution in [1.29, 1.82) is 0 Å². The Morgan fingerprint density at radius 1 is 0.932 bits per heavy atom. The lowest BCUT2D eigenvalue weighted by atomic mass is 10.1. The summed E-state index contributed by atoms with van der Waals surface area (Å²) < 4.78 is 54.8. The zero-order chi connectivity index (χ0) is 30.8. The summed E-state index contributed by atoms with van der Waals surface area (Å²) >= 11 is 6.36. The van der Waals surface area contributed by atoms with Crippen molar-refractivity contribution >= 4 is 59.7 Å². The van der Waals surface area contributed by atoms with Gasteiger partial charge in [-0.25, -0.2) is 31.5 Å². The van der Waals surface area contributed by atoms with E-state index in [1.165, 1.54) is 6.20 Å². The molecule has 5 heterocycles. The van der Waals surface area contributed by atoms with Gasteiger partial charge in [-0.15, -0.1) is 11.6 Å². The lowest BCUT2D eigenvalue weighted by molar-refractivity contribution is -0.141. The number of hydrogen-bond donors (Lipinski definition) is 4. The summed E-state index contributed by atoms with van der Waals surface area (Å²) in [7, 11) is -7.72. The molecular weight excluding hydrogens is 632 g/mol. The molecule has 5 atom stereocenters. The molecule has 1 aromatic carbocycles. The van der Waals surface area contributed by atoms with Gasteiger partial charge in [0, 0.05) is 18.9 Å². The van der Waals surface area contributed by atoms with E-state index in [2.05, 4.69) is 35.1 Å². The highest BCUT2D eigenvalue weighted by atomic mass is 35.5. The van der Waals surface area contributed by atoms with Crippen molar-refractivity contribution in [1.82, 2.24) is 39.4 Å². The smallest absolute Gasteiger partial charge is 0.322 e. The van der Waals surface area contributed by atoms with Crippen LogP contribution in [0.25, 0.3) is 22.1 Å². The molecule has 4 aromatic heterocycles. The van der Waals surface area contributed by atoms with Crippen LogP contribution in [0.4, 0.5) is 0 Å². The first kappa shape index (κ1) is 28.8. The molecule has 1 aliphatic heterocycles. The quantitative estimate of drug-likeness (QED) is 0.196. The Labute approximate surface area is 256 Å². The third-order valence-corrected chi connectivity index (χ3v) is 11.9. The molecule has 8 rings (SSSR count). The van der Waals surface area contributed by atoms with E-state index < -0.39 is 38.1 Å². The maximum absolute atomic E-state index is 12.8. The van der Waals surface area contributed by atoms with Crippen LogP contribution in [0.3, 0.4) is 0 Å². The van der Waals surface area contributed by atoms with Crippen LogP contribution in [-0.2, 0) is 31.3 Å². The molecule has 2 unspecified atom stereocenters. The first-order chi connectivity index (χ1) is 21.1. The Kier molecular flexibility index (Phi) is 6.93. The number of nitrogens with one attached hydrogen (secondary N) is 3. The maximum atomic E-state index is 12.8. The minimum Gasteiger partial charge on any atom is -0.480 e. The summed E-state index contributed by atoms with van der Waals surface area (Å²) in [5.74, 6) is -0.997. The SMILES string of the molecule is O=C(O)[C@@H]1[C@@H]2C[C@@H]2CN1S(=O)(=O)c1[nH]nc2ncccc12.O=S(=O)(NC1c2ccccc2CC1Cl)c1[nH]nc2ncccc12. The summed E-state index contributed by atoms with van der Waals surface area (Å²) in [6.07, 6.45) is 4.50. The van der Waals surface area contributed by atoms with Gasteiger partial charge in [-0.3, -0.25) is 15.0 Å². The van der Waals surface area contributed by atoms with Crippen LogP contribution in [0.2, 0.25) is 0 Å². The Bertz CT molecular complexity index is 2140. The number of aliphatic carboxylic acids is 1. The minimum atomic E-state index is -3.92. The number of halogens is 1. The molecule has 0 amide bonds. The molecule has 0 bridgehead atoms. The summed E-state index contributed by atoms with van der Waals surface area (Å²) in [4.78, 5) is 19.4. The van der Waals surface area contributed by atoms with E-state index in [9.17, 15) is 26.7 Å². The molecule has 1 saturated heterocycles. The zero-order valence-electron chi connectivity index (χ0n) is 22.7. The highest BCUT2D eigenvalue weighted by Crippen LogP contribution is 2.51. The number of carbonyl (C=O) groups is 1. The normalized spacial score (nSPS) is 24.5. The van der Waals surface area contributed by atoms with E-state index in [4.69, 9.17) is 11.6 Å². The second-order valence-corrected chi connectivity index (χ2v) is 14.9.